The number of halogens is 4. The van der Waals surface area contributed by atoms with Gasteiger partial charge in [0.25, 0.3) is 0 Å². The lowest BCUT2D eigenvalue weighted by molar-refractivity contribution is -0.0501. The third kappa shape index (κ3) is 2.79. The number of hydrogen-bond donors (Lipinski definition) is 0. The maximum Gasteiger partial charge on any atom is 0.387 e. The Morgan fingerprint density at radius 2 is 1.60 bits per heavy atom. The molecule has 6 heteroatoms. The molecule has 0 spiro atoms. The van der Waals surface area contributed by atoms with E-state index in [4.69, 9.17) is 0 Å². The van der Waals surface area contributed by atoms with Gasteiger partial charge in [-0.2, -0.15) is 8.78 Å². The number of ketones is 1. The van der Waals surface area contributed by atoms with E-state index in [9.17, 15) is 22.4 Å². The van der Waals surface area contributed by atoms with Gasteiger partial charge in [-0.3, -0.25) is 4.79 Å². The molecule has 2 rings (SSSR count). The van der Waals surface area contributed by atoms with Gasteiger partial charge >= 0.3 is 6.61 Å². The molecule has 0 saturated heterocycles. The Balaban J connectivity index is 2.46. The number of ether oxygens (including phenoxy) is 1. The minimum Gasteiger partial charge on any atom is -0.434 e. The van der Waals surface area contributed by atoms with Crippen molar-refractivity contribution in [2.75, 3.05) is 0 Å². The highest BCUT2D eigenvalue weighted by Gasteiger charge is 2.21. The van der Waals surface area contributed by atoms with Crippen LogP contribution in [-0.2, 0) is 0 Å². The minimum absolute atomic E-state index is 0.266. The smallest absolute Gasteiger partial charge is 0.387 e. The number of benzene rings is 2. The van der Waals surface area contributed by atoms with Crippen molar-refractivity contribution >= 4 is 5.78 Å². The molecule has 0 N–H and O–H groups in total. The molecule has 0 bridgehead atoms. The summed E-state index contributed by atoms with van der Waals surface area (Å²) in [6, 6.07) is 8.22. The molecular weight excluding hydrogens is 276 g/mol. The SMILES string of the molecule is O=C(c1ccccc1OC(F)F)c1cccc(F)c1F. The summed E-state index contributed by atoms with van der Waals surface area (Å²) in [5, 5.41) is 0. The summed E-state index contributed by atoms with van der Waals surface area (Å²) >= 11 is 0. The Kier molecular flexibility index (Phi) is 4.02. The largest absolute Gasteiger partial charge is 0.434 e. The fourth-order valence-corrected chi connectivity index (χ4v) is 1.68. The van der Waals surface area contributed by atoms with Crippen LogP contribution >= 0.6 is 0 Å². The summed E-state index contributed by atoms with van der Waals surface area (Å²) < 4.78 is 55.3. The molecule has 0 fully saturated rings. The molecular formula is C14H8F4O2. The van der Waals surface area contributed by atoms with Crippen LogP contribution in [0, 0.1) is 11.6 Å². The number of alkyl halides is 2. The highest BCUT2D eigenvalue weighted by atomic mass is 19.3. The van der Waals surface area contributed by atoms with E-state index in [1.54, 1.807) is 0 Å². The zero-order valence-electron chi connectivity index (χ0n) is 9.95. The third-order valence-electron chi connectivity index (χ3n) is 2.54. The standard InChI is InChI=1S/C14H8F4O2/c15-10-6-3-5-9(12(10)16)13(19)8-4-1-2-7-11(8)20-14(17)18/h1-7,14H. The molecule has 2 aromatic rings. The van der Waals surface area contributed by atoms with Crippen molar-refractivity contribution in [2.24, 2.45) is 0 Å². The van der Waals surface area contributed by atoms with Gasteiger partial charge in [-0.25, -0.2) is 8.78 Å². The van der Waals surface area contributed by atoms with Gasteiger partial charge in [0.15, 0.2) is 17.4 Å². The first-order valence-electron chi connectivity index (χ1n) is 5.53. The highest BCUT2D eigenvalue weighted by Crippen LogP contribution is 2.24. The Hall–Kier alpha value is -2.37. The van der Waals surface area contributed by atoms with Crippen molar-refractivity contribution in [2.45, 2.75) is 6.61 Å². The predicted molar refractivity (Wildman–Crippen MR) is 62.9 cm³/mol. The summed E-state index contributed by atoms with van der Waals surface area (Å²) in [7, 11) is 0. The van der Waals surface area contributed by atoms with E-state index in [1.807, 2.05) is 0 Å². The molecule has 0 aliphatic rings. The van der Waals surface area contributed by atoms with Gasteiger partial charge in [0.2, 0.25) is 0 Å². The van der Waals surface area contributed by atoms with Crippen LogP contribution in [0.4, 0.5) is 17.6 Å². The summed E-state index contributed by atoms with van der Waals surface area (Å²) in [5.41, 5.74) is -0.812. The Morgan fingerprint density at radius 3 is 2.30 bits per heavy atom. The molecule has 0 aliphatic heterocycles. The minimum atomic E-state index is -3.12. The highest BCUT2D eigenvalue weighted by molar-refractivity contribution is 6.10. The summed E-state index contributed by atoms with van der Waals surface area (Å²) in [6.07, 6.45) is 0. The molecule has 0 radical (unpaired) electrons. The fraction of sp³-hybridized carbons (Fsp3) is 0.0714. The van der Waals surface area contributed by atoms with E-state index in [0.29, 0.717) is 0 Å². The third-order valence-corrected chi connectivity index (χ3v) is 2.54. The monoisotopic (exact) mass is 284 g/mol. The molecule has 0 aromatic heterocycles. The molecule has 0 aliphatic carbocycles. The Bertz CT molecular complexity index is 641. The topological polar surface area (TPSA) is 26.3 Å². The fourth-order valence-electron chi connectivity index (χ4n) is 1.68. The second kappa shape index (κ2) is 5.73. The van der Waals surface area contributed by atoms with E-state index in [1.165, 1.54) is 18.2 Å². The van der Waals surface area contributed by atoms with Crippen molar-refractivity contribution in [3.8, 4) is 5.75 Å². The lowest BCUT2D eigenvalue weighted by atomic mass is 10.0. The molecule has 2 nitrogen and oxygen atoms in total. The Morgan fingerprint density at radius 1 is 0.950 bits per heavy atom. The maximum absolute atomic E-state index is 13.5. The number of rotatable bonds is 4. The number of carbonyl (C=O) groups is 1. The number of hydrogen-bond acceptors (Lipinski definition) is 2. The summed E-state index contributed by atoms with van der Waals surface area (Å²) in [6.45, 7) is -3.12. The van der Waals surface area contributed by atoms with E-state index < -0.39 is 35.3 Å². The first-order valence-corrected chi connectivity index (χ1v) is 5.53. The average molecular weight is 284 g/mol. The molecule has 0 heterocycles. The van der Waals surface area contributed by atoms with Gasteiger partial charge in [-0.05, 0) is 24.3 Å². The quantitative estimate of drug-likeness (QED) is 0.630. The van der Waals surface area contributed by atoms with E-state index in [2.05, 4.69) is 4.74 Å². The number of carbonyl (C=O) groups excluding carboxylic acids is 1. The zero-order chi connectivity index (χ0) is 14.7. The van der Waals surface area contributed by atoms with Crippen molar-refractivity contribution in [3.05, 3.63) is 65.2 Å². The molecule has 0 amide bonds. The molecule has 104 valence electrons. The van der Waals surface area contributed by atoms with Crippen LogP contribution in [0.3, 0.4) is 0 Å². The van der Waals surface area contributed by atoms with Gasteiger partial charge in [0.1, 0.15) is 5.75 Å². The first kappa shape index (κ1) is 14.0. The van der Waals surface area contributed by atoms with Gasteiger partial charge in [-0.1, -0.05) is 18.2 Å². The molecule has 2 aromatic carbocycles. The number of para-hydroxylation sites is 1. The van der Waals surface area contributed by atoms with E-state index in [0.717, 1.165) is 24.3 Å². The van der Waals surface area contributed by atoms with Crippen LogP contribution < -0.4 is 4.74 Å². The van der Waals surface area contributed by atoms with Crippen molar-refractivity contribution in [3.63, 3.8) is 0 Å². The van der Waals surface area contributed by atoms with E-state index >= 15 is 0 Å². The molecule has 0 unspecified atom stereocenters. The predicted octanol–water partition coefficient (Wildman–Crippen LogP) is 3.80. The van der Waals surface area contributed by atoms with Crippen molar-refractivity contribution in [1.29, 1.82) is 0 Å². The van der Waals surface area contributed by atoms with Crippen molar-refractivity contribution in [1.82, 2.24) is 0 Å². The molecule has 20 heavy (non-hydrogen) atoms. The summed E-state index contributed by atoms with van der Waals surface area (Å²) in [4.78, 5) is 12.1. The van der Waals surface area contributed by atoms with Crippen LogP contribution in [0.2, 0.25) is 0 Å². The van der Waals surface area contributed by atoms with E-state index in [-0.39, 0.29) is 5.56 Å². The van der Waals surface area contributed by atoms with Crippen LogP contribution in [0.25, 0.3) is 0 Å². The van der Waals surface area contributed by atoms with Crippen LogP contribution in [0.1, 0.15) is 15.9 Å². The second-order valence-electron chi connectivity index (χ2n) is 3.81. The van der Waals surface area contributed by atoms with Crippen LogP contribution in [-0.4, -0.2) is 12.4 Å². The molecule has 0 saturated carbocycles. The van der Waals surface area contributed by atoms with Gasteiger partial charge < -0.3 is 4.74 Å². The normalized spacial score (nSPS) is 10.7. The van der Waals surface area contributed by atoms with Gasteiger partial charge in [-0.15, -0.1) is 0 Å². The maximum atomic E-state index is 13.5. The van der Waals surface area contributed by atoms with Crippen LogP contribution in [0.5, 0.6) is 5.75 Å². The first-order chi connectivity index (χ1) is 9.50. The Labute approximate surface area is 111 Å². The van der Waals surface area contributed by atoms with Gasteiger partial charge in [0.05, 0.1) is 11.1 Å². The lowest BCUT2D eigenvalue weighted by Gasteiger charge is -2.10. The average Bonchev–Trinajstić information content (AvgIpc) is 2.41. The van der Waals surface area contributed by atoms with Gasteiger partial charge in [0, 0.05) is 0 Å². The summed E-state index contributed by atoms with van der Waals surface area (Å²) in [5.74, 6) is -3.85. The molecule has 0 atom stereocenters. The zero-order valence-corrected chi connectivity index (χ0v) is 9.95. The van der Waals surface area contributed by atoms with Crippen LogP contribution in [0.15, 0.2) is 42.5 Å². The second-order valence-corrected chi connectivity index (χ2v) is 3.81. The lowest BCUT2D eigenvalue weighted by Crippen LogP contribution is -2.10. The van der Waals surface area contributed by atoms with Crippen molar-refractivity contribution < 1.29 is 27.1 Å².